The second kappa shape index (κ2) is 10.1. The highest BCUT2D eigenvalue weighted by molar-refractivity contribution is 5.97. The molecule has 0 saturated carbocycles. The first-order chi connectivity index (χ1) is 13.4. The largest absolute Gasteiger partial charge is 0.495 e. The van der Waals surface area contributed by atoms with Crippen LogP contribution in [0.15, 0.2) is 42.5 Å². The number of hydrogen-bond acceptors (Lipinski definition) is 6. The van der Waals surface area contributed by atoms with Crippen LogP contribution in [0.4, 0.5) is 11.4 Å². The van der Waals surface area contributed by atoms with Gasteiger partial charge in [0.05, 0.1) is 25.0 Å². The van der Waals surface area contributed by atoms with E-state index < -0.39 is 18.5 Å². The first-order valence-corrected chi connectivity index (χ1v) is 8.43. The SMILES string of the molecule is COCc1ccc(C(=O)OCC(=O)Nc2cc(NC(C)=O)ccc2OC)cc1. The number of anilines is 2. The highest BCUT2D eigenvalue weighted by Crippen LogP contribution is 2.27. The molecule has 8 heteroatoms. The van der Waals surface area contributed by atoms with Gasteiger partial charge < -0.3 is 24.8 Å². The molecule has 2 N–H and O–H groups in total. The number of esters is 1. The van der Waals surface area contributed by atoms with Gasteiger partial charge in [-0.3, -0.25) is 9.59 Å². The van der Waals surface area contributed by atoms with Crippen LogP contribution in [0.5, 0.6) is 5.75 Å². The average molecular weight is 386 g/mol. The first-order valence-electron chi connectivity index (χ1n) is 8.43. The Kier molecular flexibility index (Phi) is 7.53. The van der Waals surface area contributed by atoms with E-state index in [0.29, 0.717) is 29.3 Å². The van der Waals surface area contributed by atoms with Crippen molar-refractivity contribution >= 4 is 29.2 Å². The van der Waals surface area contributed by atoms with Gasteiger partial charge in [-0.1, -0.05) is 12.1 Å². The van der Waals surface area contributed by atoms with Crippen LogP contribution in [0.25, 0.3) is 0 Å². The molecule has 0 unspecified atom stereocenters. The second-order valence-corrected chi connectivity index (χ2v) is 5.85. The Labute approximate surface area is 162 Å². The number of rotatable bonds is 8. The molecule has 2 rings (SSSR count). The van der Waals surface area contributed by atoms with Crippen LogP contribution < -0.4 is 15.4 Å². The molecule has 0 heterocycles. The minimum Gasteiger partial charge on any atom is -0.495 e. The summed E-state index contributed by atoms with van der Waals surface area (Å²) in [6, 6.07) is 11.5. The quantitative estimate of drug-likeness (QED) is 0.676. The van der Waals surface area contributed by atoms with Gasteiger partial charge in [0.25, 0.3) is 5.91 Å². The highest BCUT2D eigenvalue weighted by Gasteiger charge is 2.13. The summed E-state index contributed by atoms with van der Waals surface area (Å²) in [5.74, 6) is -0.990. The third kappa shape index (κ3) is 6.10. The zero-order valence-corrected chi connectivity index (χ0v) is 15.9. The molecular formula is C20H22N2O6. The summed E-state index contributed by atoms with van der Waals surface area (Å²) < 4.78 is 15.2. The monoisotopic (exact) mass is 386 g/mol. The minimum absolute atomic E-state index is 0.243. The normalized spacial score (nSPS) is 10.1. The number of carbonyl (C=O) groups excluding carboxylic acids is 3. The van der Waals surface area contributed by atoms with Crippen LogP contribution in [0.2, 0.25) is 0 Å². The van der Waals surface area contributed by atoms with E-state index >= 15 is 0 Å². The van der Waals surface area contributed by atoms with E-state index in [2.05, 4.69) is 10.6 Å². The Hall–Kier alpha value is -3.39. The first kappa shape index (κ1) is 20.9. The van der Waals surface area contributed by atoms with Crippen molar-refractivity contribution in [1.29, 1.82) is 0 Å². The molecule has 2 aromatic rings. The van der Waals surface area contributed by atoms with Gasteiger partial charge in [0, 0.05) is 19.7 Å². The second-order valence-electron chi connectivity index (χ2n) is 5.85. The van der Waals surface area contributed by atoms with Gasteiger partial charge in [0.2, 0.25) is 5.91 Å². The van der Waals surface area contributed by atoms with Crippen molar-refractivity contribution in [3.63, 3.8) is 0 Å². The number of benzene rings is 2. The lowest BCUT2D eigenvalue weighted by atomic mass is 10.1. The third-order valence-electron chi connectivity index (χ3n) is 3.63. The molecule has 0 fully saturated rings. The molecule has 148 valence electrons. The summed E-state index contributed by atoms with van der Waals surface area (Å²) in [5.41, 5.74) is 2.09. The van der Waals surface area contributed by atoms with Crippen molar-refractivity contribution in [1.82, 2.24) is 0 Å². The molecule has 0 atom stereocenters. The van der Waals surface area contributed by atoms with E-state index in [0.717, 1.165) is 5.56 Å². The lowest BCUT2D eigenvalue weighted by molar-refractivity contribution is -0.119. The fourth-order valence-electron chi connectivity index (χ4n) is 2.39. The molecule has 0 spiro atoms. The van der Waals surface area contributed by atoms with E-state index in [1.165, 1.54) is 14.0 Å². The van der Waals surface area contributed by atoms with Gasteiger partial charge in [0.1, 0.15) is 5.75 Å². The standard InChI is InChI=1S/C20H22N2O6/c1-13(23)21-16-8-9-18(27-3)17(10-16)22-19(24)12-28-20(25)15-6-4-14(5-7-15)11-26-2/h4-10H,11-12H2,1-3H3,(H,21,23)(H,22,24). The summed E-state index contributed by atoms with van der Waals surface area (Å²) in [6.07, 6.45) is 0. The molecule has 0 aliphatic carbocycles. The summed E-state index contributed by atoms with van der Waals surface area (Å²) in [4.78, 5) is 35.4. The molecular weight excluding hydrogens is 364 g/mol. The summed E-state index contributed by atoms with van der Waals surface area (Å²) in [7, 11) is 3.04. The van der Waals surface area contributed by atoms with E-state index in [1.54, 1.807) is 49.6 Å². The van der Waals surface area contributed by atoms with Crippen molar-refractivity contribution in [3.05, 3.63) is 53.6 Å². The lowest BCUT2D eigenvalue weighted by Gasteiger charge is -2.12. The van der Waals surface area contributed by atoms with Crippen LogP contribution in [-0.4, -0.2) is 38.6 Å². The van der Waals surface area contributed by atoms with Crippen LogP contribution in [0.1, 0.15) is 22.8 Å². The van der Waals surface area contributed by atoms with Crippen molar-refractivity contribution in [3.8, 4) is 5.75 Å². The number of methoxy groups -OCH3 is 2. The maximum Gasteiger partial charge on any atom is 0.338 e. The smallest absolute Gasteiger partial charge is 0.338 e. The summed E-state index contributed by atoms with van der Waals surface area (Å²) in [5, 5.41) is 5.21. The summed E-state index contributed by atoms with van der Waals surface area (Å²) in [6.45, 7) is 1.35. The fraction of sp³-hybridized carbons (Fsp3) is 0.250. The topological polar surface area (TPSA) is 103 Å². The van der Waals surface area contributed by atoms with Crippen molar-refractivity contribution in [2.24, 2.45) is 0 Å². The third-order valence-corrected chi connectivity index (χ3v) is 3.63. The van der Waals surface area contributed by atoms with Crippen molar-refractivity contribution in [2.75, 3.05) is 31.5 Å². The minimum atomic E-state index is -0.613. The molecule has 0 aromatic heterocycles. The molecule has 0 bridgehead atoms. The average Bonchev–Trinajstić information content (AvgIpc) is 2.67. The Morgan fingerprint density at radius 1 is 0.964 bits per heavy atom. The van der Waals surface area contributed by atoms with Gasteiger partial charge in [-0.05, 0) is 35.9 Å². The van der Waals surface area contributed by atoms with Crippen LogP contribution in [0, 0.1) is 0 Å². The lowest BCUT2D eigenvalue weighted by Crippen LogP contribution is -2.21. The molecule has 0 aliphatic heterocycles. The Balaban J connectivity index is 1.96. The van der Waals surface area contributed by atoms with E-state index in [4.69, 9.17) is 14.2 Å². The molecule has 28 heavy (non-hydrogen) atoms. The van der Waals surface area contributed by atoms with Crippen LogP contribution >= 0.6 is 0 Å². The van der Waals surface area contributed by atoms with Crippen LogP contribution in [-0.2, 0) is 25.7 Å². The fourth-order valence-corrected chi connectivity index (χ4v) is 2.39. The molecule has 2 amide bonds. The zero-order chi connectivity index (χ0) is 20.5. The zero-order valence-electron chi connectivity index (χ0n) is 15.9. The Morgan fingerprint density at radius 3 is 2.29 bits per heavy atom. The number of carbonyl (C=O) groups is 3. The Bertz CT molecular complexity index is 848. The van der Waals surface area contributed by atoms with Gasteiger partial charge in [0.15, 0.2) is 6.61 Å². The number of amides is 2. The number of ether oxygens (including phenoxy) is 3. The number of hydrogen-bond donors (Lipinski definition) is 2. The highest BCUT2D eigenvalue weighted by atomic mass is 16.5. The maximum atomic E-state index is 12.1. The van der Waals surface area contributed by atoms with Gasteiger partial charge in [-0.2, -0.15) is 0 Å². The van der Waals surface area contributed by atoms with Crippen molar-refractivity contribution < 1.29 is 28.6 Å². The number of nitrogens with one attached hydrogen (secondary N) is 2. The van der Waals surface area contributed by atoms with Gasteiger partial charge in [-0.15, -0.1) is 0 Å². The molecule has 8 nitrogen and oxygen atoms in total. The van der Waals surface area contributed by atoms with Crippen molar-refractivity contribution in [2.45, 2.75) is 13.5 Å². The van der Waals surface area contributed by atoms with E-state index in [1.807, 2.05) is 0 Å². The molecule has 2 aromatic carbocycles. The predicted molar refractivity (Wildman–Crippen MR) is 103 cm³/mol. The van der Waals surface area contributed by atoms with E-state index in [-0.39, 0.29) is 5.91 Å². The predicted octanol–water partition coefficient (Wildman–Crippen LogP) is 2.60. The Morgan fingerprint density at radius 2 is 1.68 bits per heavy atom. The molecule has 0 aliphatic rings. The van der Waals surface area contributed by atoms with Gasteiger partial charge >= 0.3 is 5.97 Å². The van der Waals surface area contributed by atoms with Gasteiger partial charge in [-0.25, -0.2) is 4.79 Å². The van der Waals surface area contributed by atoms with E-state index in [9.17, 15) is 14.4 Å². The van der Waals surface area contributed by atoms with Crippen LogP contribution in [0.3, 0.4) is 0 Å². The molecule has 0 radical (unpaired) electrons. The summed E-state index contributed by atoms with van der Waals surface area (Å²) >= 11 is 0. The molecule has 0 saturated heterocycles. The maximum absolute atomic E-state index is 12.1.